The molecule has 3 heteroatoms. The fraction of sp³-hybridized carbons (Fsp3) is 0.462. The van der Waals surface area contributed by atoms with Gasteiger partial charge in [0, 0.05) is 0 Å². The molecular weight excluding hydrogens is 204 g/mol. The average Bonchev–Trinajstić information content (AvgIpc) is 2.20. The van der Waals surface area contributed by atoms with Gasteiger partial charge < -0.3 is 9.84 Å². The monoisotopic (exact) mass is 222 g/mol. The van der Waals surface area contributed by atoms with Crippen molar-refractivity contribution in [3.05, 3.63) is 28.8 Å². The van der Waals surface area contributed by atoms with Gasteiger partial charge in [-0.15, -0.1) is 0 Å². The summed E-state index contributed by atoms with van der Waals surface area (Å²) in [7, 11) is 0. The van der Waals surface area contributed by atoms with Gasteiger partial charge in [-0.05, 0) is 50.5 Å². The van der Waals surface area contributed by atoms with E-state index >= 15 is 0 Å². The van der Waals surface area contributed by atoms with Crippen LogP contribution in [-0.4, -0.2) is 17.7 Å². The first-order valence-electron chi connectivity index (χ1n) is 5.35. The molecule has 1 rings (SSSR count). The summed E-state index contributed by atoms with van der Waals surface area (Å²) in [6.07, 6.45) is 0. The van der Waals surface area contributed by atoms with Crippen LogP contribution in [0.4, 0.5) is 0 Å². The van der Waals surface area contributed by atoms with Crippen molar-refractivity contribution in [3.63, 3.8) is 0 Å². The molecule has 0 radical (unpaired) electrons. The molecule has 0 aromatic heterocycles. The van der Waals surface area contributed by atoms with Gasteiger partial charge in [-0.1, -0.05) is 6.07 Å². The van der Waals surface area contributed by atoms with Gasteiger partial charge in [-0.2, -0.15) is 0 Å². The summed E-state index contributed by atoms with van der Waals surface area (Å²) < 4.78 is 5.54. The lowest BCUT2D eigenvalue weighted by molar-refractivity contribution is -0.142. The van der Waals surface area contributed by atoms with E-state index < -0.39 is 11.9 Å². The van der Waals surface area contributed by atoms with E-state index in [2.05, 4.69) is 6.07 Å². The summed E-state index contributed by atoms with van der Waals surface area (Å²) in [4.78, 5) is 10.7. The van der Waals surface area contributed by atoms with Crippen molar-refractivity contribution < 1.29 is 14.6 Å². The summed E-state index contributed by atoms with van der Waals surface area (Å²) in [5, 5.41) is 8.76. The highest BCUT2D eigenvalue weighted by Crippen LogP contribution is 2.23. The van der Waals surface area contributed by atoms with Crippen LogP contribution < -0.4 is 4.74 Å². The van der Waals surface area contributed by atoms with E-state index in [1.165, 1.54) is 0 Å². The molecule has 0 fully saturated rings. The number of hydrogen-bond acceptors (Lipinski definition) is 2. The highest BCUT2D eigenvalue weighted by atomic mass is 16.5. The van der Waals surface area contributed by atoms with E-state index in [0.717, 1.165) is 22.4 Å². The Morgan fingerprint density at radius 1 is 1.38 bits per heavy atom. The topological polar surface area (TPSA) is 46.5 Å². The first-order chi connectivity index (χ1) is 7.41. The first-order valence-corrected chi connectivity index (χ1v) is 5.35. The quantitative estimate of drug-likeness (QED) is 0.852. The van der Waals surface area contributed by atoms with Crippen LogP contribution in [0, 0.1) is 26.7 Å². The predicted octanol–water partition coefficient (Wildman–Crippen LogP) is 2.71. The van der Waals surface area contributed by atoms with Crippen molar-refractivity contribution in [2.45, 2.75) is 27.7 Å². The maximum Gasteiger partial charge on any atom is 0.309 e. The van der Waals surface area contributed by atoms with E-state index in [9.17, 15) is 4.79 Å². The van der Waals surface area contributed by atoms with Crippen LogP contribution in [0.25, 0.3) is 0 Å². The number of rotatable bonds is 4. The van der Waals surface area contributed by atoms with Gasteiger partial charge in [0.25, 0.3) is 0 Å². The van der Waals surface area contributed by atoms with Crippen LogP contribution in [0.15, 0.2) is 12.1 Å². The molecule has 0 spiro atoms. The molecule has 0 saturated heterocycles. The minimum atomic E-state index is -0.831. The van der Waals surface area contributed by atoms with Crippen molar-refractivity contribution in [1.29, 1.82) is 0 Å². The molecule has 0 saturated carbocycles. The second-order valence-electron chi connectivity index (χ2n) is 4.26. The second-order valence-corrected chi connectivity index (χ2v) is 4.26. The highest BCUT2D eigenvalue weighted by Gasteiger charge is 2.12. The molecule has 0 bridgehead atoms. The summed E-state index contributed by atoms with van der Waals surface area (Å²) in [5.74, 6) is -0.534. The highest BCUT2D eigenvalue weighted by molar-refractivity contribution is 5.69. The van der Waals surface area contributed by atoms with E-state index in [-0.39, 0.29) is 6.61 Å². The number of carboxylic acid groups (broad SMARTS) is 1. The zero-order valence-electron chi connectivity index (χ0n) is 10.2. The average molecular weight is 222 g/mol. The summed E-state index contributed by atoms with van der Waals surface area (Å²) in [5.41, 5.74) is 3.36. The Balaban J connectivity index is 2.78. The molecule has 1 atom stereocenters. The Hall–Kier alpha value is -1.51. The number of aliphatic carboxylic acids is 1. The van der Waals surface area contributed by atoms with Crippen molar-refractivity contribution in [1.82, 2.24) is 0 Å². The Morgan fingerprint density at radius 2 is 2.00 bits per heavy atom. The second kappa shape index (κ2) is 5.01. The van der Waals surface area contributed by atoms with Gasteiger partial charge in [-0.25, -0.2) is 0 Å². The third kappa shape index (κ3) is 2.99. The Labute approximate surface area is 96.1 Å². The van der Waals surface area contributed by atoms with Gasteiger partial charge in [0.15, 0.2) is 0 Å². The number of aryl methyl sites for hydroxylation is 2. The van der Waals surface area contributed by atoms with Crippen LogP contribution >= 0.6 is 0 Å². The molecule has 16 heavy (non-hydrogen) atoms. The molecule has 1 unspecified atom stereocenters. The number of carboxylic acids is 1. The van der Waals surface area contributed by atoms with E-state index in [1.807, 2.05) is 26.8 Å². The Morgan fingerprint density at radius 3 is 2.56 bits per heavy atom. The largest absolute Gasteiger partial charge is 0.492 e. The number of hydrogen-bond donors (Lipinski definition) is 1. The van der Waals surface area contributed by atoms with Crippen LogP contribution in [0.5, 0.6) is 5.75 Å². The lowest BCUT2D eigenvalue weighted by Gasteiger charge is -2.14. The van der Waals surface area contributed by atoms with Crippen LogP contribution in [0.2, 0.25) is 0 Å². The van der Waals surface area contributed by atoms with Gasteiger partial charge in [0.1, 0.15) is 12.4 Å². The van der Waals surface area contributed by atoms with E-state index in [0.29, 0.717) is 0 Å². The zero-order chi connectivity index (χ0) is 12.3. The maximum atomic E-state index is 10.7. The molecule has 1 aromatic rings. The third-order valence-electron chi connectivity index (χ3n) is 2.67. The fourth-order valence-corrected chi connectivity index (χ4v) is 1.44. The van der Waals surface area contributed by atoms with Crippen molar-refractivity contribution in [3.8, 4) is 5.75 Å². The molecule has 0 aliphatic carbocycles. The molecule has 0 aliphatic rings. The van der Waals surface area contributed by atoms with Crippen LogP contribution in [-0.2, 0) is 4.79 Å². The van der Waals surface area contributed by atoms with Gasteiger partial charge in [-0.3, -0.25) is 4.79 Å². The molecule has 1 N–H and O–H groups in total. The summed E-state index contributed by atoms with van der Waals surface area (Å²) in [6, 6.07) is 4.03. The van der Waals surface area contributed by atoms with Crippen molar-refractivity contribution >= 4 is 5.97 Å². The first kappa shape index (κ1) is 12.6. The van der Waals surface area contributed by atoms with Crippen LogP contribution in [0.3, 0.4) is 0 Å². The normalized spacial score (nSPS) is 12.2. The van der Waals surface area contributed by atoms with Gasteiger partial charge >= 0.3 is 5.97 Å². The lowest BCUT2D eigenvalue weighted by Crippen LogP contribution is -2.18. The number of carbonyl (C=O) groups is 1. The SMILES string of the molecule is Cc1cc(C)c(C)c(OCC(C)C(=O)O)c1. The van der Waals surface area contributed by atoms with E-state index in [1.54, 1.807) is 6.92 Å². The Bertz CT molecular complexity index is 396. The van der Waals surface area contributed by atoms with Crippen molar-refractivity contribution in [2.24, 2.45) is 5.92 Å². The molecule has 88 valence electrons. The standard InChI is InChI=1S/C13H18O3/c1-8-5-9(2)11(4)12(6-8)16-7-10(3)13(14)15/h5-6,10H,7H2,1-4H3,(H,14,15). The summed E-state index contributed by atoms with van der Waals surface area (Å²) >= 11 is 0. The smallest absolute Gasteiger partial charge is 0.309 e. The molecule has 0 heterocycles. The molecule has 0 aliphatic heterocycles. The predicted molar refractivity (Wildman–Crippen MR) is 62.9 cm³/mol. The minimum absolute atomic E-state index is 0.207. The lowest BCUT2D eigenvalue weighted by atomic mass is 10.1. The maximum absolute atomic E-state index is 10.7. The van der Waals surface area contributed by atoms with Gasteiger partial charge in [0.2, 0.25) is 0 Å². The molecular formula is C13H18O3. The molecule has 0 amide bonds. The molecule has 3 nitrogen and oxygen atoms in total. The zero-order valence-corrected chi connectivity index (χ0v) is 10.2. The van der Waals surface area contributed by atoms with Crippen LogP contribution in [0.1, 0.15) is 23.6 Å². The Kier molecular flexibility index (Phi) is 3.93. The number of benzene rings is 1. The van der Waals surface area contributed by atoms with Crippen molar-refractivity contribution in [2.75, 3.05) is 6.61 Å². The summed E-state index contributed by atoms with van der Waals surface area (Å²) in [6.45, 7) is 7.85. The molecule has 1 aromatic carbocycles. The third-order valence-corrected chi connectivity index (χ3v) is 2.67. The van der Waals surface area contributed by atoms with E-state index in [4.69, 9.17) is 9.84 Å². The fourth-order valence-electron chi connectivity index (χ4n) is 1.44. The van der Waals surface area contributed by atoms with Gasteiger partial charge in [0.05, 0.1) is 5.92 Å². The minimum Gasteiger partial charge on any atom is -0.492 e. The number of ether oxygens (including phenoxy) is 1.